The Kier molecular flexibility index (Phi) is 5.43. The summed E-state index contributed by atoms with van der Waals surface area (Å²) in [6.45, 7) is 3.25. The second kappa shape index (κ2) is 8.00. The largest absolute Gasteiger partial charge is 0.464 e. The quantitative estimate of drug-likeness (QED) is 0.702. The second-order valence-corrected chi connectivity index (χ2v) is 7.77. The summed E-state index contributed by atoms with van der Waals surface area (Å²) in [6.07, 6.45) is 2.97. The van der Waals surface area contributed by atoms with Crippen molar-refractivity contribution in [2.24, 2.45) is 0 Å². The molecule has 1 aromatic carbocycles. The predicted molar refractivity (Wildman–Crippen MR) is 108 cm³/mol. The van der Waals surface area contributed by atoms with E-state index in [9.17, 15) is 9.59 Å². The number of benzene rings is 1. The van der Waals surface area contributed by atoms with Crippen molar-refractivity contribution in [3.8, 4) is 11.3 Å². The minimum atomic E-state index is -0.718. The molecule has 0 saturated carbocycles. The van der Waals surface area contributed by atoms with E-state index < -0.39 is 5.54 Å². The average molecular weight is 397 g/mol. The Morgan fingerprint density at radius 3 is 2.45 bits per heavy atom. The van der Waals surface area contributed by atoms with Gasteiger partial charge in [0.2, 0.25) is 0 Å². The Morgan fingerprint density at radius 2 is 1.83 bits per heavy atom. The molecule has 3 heterocycles. The van der Waals surface area contributed by atoms with Gasteiger partial charge in [-0.2, -0.15) is 0 Å². The molecule has 0 bridgehead atoms. The van der Waals surface area contributed by atoms with Crippen LogP contribution in [0, 0.1) is 0 Å². The van der Waals surface area contributed by atoms with Crippen LogP contribution in [0.4, 0.5) is 4.79 Å². The summed E-state index contributed by atoms with van der Waals surface area (Å²) < 4.78 is 10.6. The van der Waals surface area contributed by atoms with E-state index >= 15 is 0 Å². The third kappa shape index (κ3) is 3.56. The number of furan rings is 1. The Bertz CT molecular complexity index is 855. The molecule has 7 nitrogen and oxygen atoms in total. The van der Waals surface area contributed by atoms with Crippen molar-refractivity contribution in [3.05, 3.63) is 48.2 Å². The molecule has 2 aliphatic heterocycles. The number of ether oxygens (including phenoxy) is 1. The van der Waals surface area contributed by atoms with Crippen LogP contribution in [0.25, 0.3) is 11.3 Å². The number of piperidine rings is 1. The van der Waals surface area contributed by atoms with Crippen LogP contribution in [-0.2, 0) is 16.1 Å². The first kappa shape index (κ1) is 19.7. The van der Waals surface area contributed by atoms with Gasteiger partial charge < -0.3 is 14.1 Å². The van der Waals surface area contributed by atoms with Crippen molar-refractivity contribution in [1.29, 1.82) is 0 Å². The molecule has 4 rings (SSSR count). The molecule has 2 aromatic rings. The van der Waals surface area contributed by atoms with Gasteiger partial charge in [-0.25, -0.2) is 4.79 Å². The van der Waals surface area contributed by atoms with E-state index in [2.05, 4.69) is 29.2 Å². The number of likely N-dealkylation sites (tertiary alicyclic amines) is 1. The number of urea groups is 1. The molecule has 0 N–H and O–H groups in total. The van der Waals surface area contributed by atoms with E-state index in [1.807, 2.05) is 12.1 Å². The van der Waals surface area contributed by atoms with Gasteiger partial charge in [0.05, 0.1) is 12.9 Å². The van der Waals surface area contributed by atoms with Crippen molar-refractivity contribution in [2.45, 2.75) is 24.9 Å². The van der Waals surface area contributed by atoms with Crippen LogP contribution in [-0.4, -0.2) is 72.6 Å². The lowest BCUT2D eigenvalue weighted by atomic mass is 9.85. The normalized spacial score (nSPS) is 19.5. The maximum Gasteiger partial charge on any atom is 0.327 e. The Morgan fingerprint density at radius 1 is 1.10 bits per heavy atom. The maximum absolute atomic E-state index is 12.9. The molecule has 3 amide bonds. The molecule has 0 aliphatic carbocycles. The number of carbonyl (C=O) groups excluding carboxylic acids is 2. The molecule has 7 heteroatoms. The zero-order valence-electron chi connectivity index (χ0n) is 17.0. The monoisotopic (exact) mass is 397 g/mol. The zero-order valence-corrected chi connectivity index (χ0v) is 17.0. The standard InChI is InChI=1S/C22H27N3O4/c1-23-20(26)22(25(21(23)27)13-15-28-2)9-11-24(12-10-22)16-17-5-7-18(8-6-17)19-4-3-14-29-19/h3-8,14H,9-13,15-16H2,1-2H3. The van der Waals surface area contributed by atoms with E-state index in [0.29, 0.717) is 26.0 Å². The van der Waals surface area contributed by atoms with E-state index in [4.69, 9.17) is 9.15 Å². The molecule has 2 fully saturated rings. The molecule has 154 valence electrons. The number of imide groups is 1. The van der Waals surface area contributed by atoms with Crippen LogP contribution in [0.3, 0.4) is 0 Å². The van der Waals surface area contributed by atoms with Gasteiger partial charge >= 0.3 is 6.03 Å². The summed E-state index contributed by atoms with van der Waals surface area (Å²) in [5, 5.41) is 0. The van der Waals surface area contributed by atoms with Crippen molar-refractivity contribution < 1.29 is 18.7 Å². The molecule has 1 spiro atoms. The fraction of sp³-hybridized carbons (Fsp3) is 0.455. The minimum Gasteiger partial charge on any atom is -0.464 e. The fourth-order valence-corrected chi connectivity index (χ4v) is 4.41. The molecule has 1 aromatic heterocycles. The highest BCUT2D eigenvalue weighted by Crippen LogP contribution is 2.37. The van der Waals surface area contributed by atoms with Crippen LogP contribution >= 0.6 is 0 Å². The third-order valence-corrected chi connectivity index (χ3v) is 6.11. The average Bonchev–Trinajstić information content (AvgIpc) is 3.34. The molecule has 0 radical (unpaired) electrons. The van der Waals surface area contributed by atoms with Gasteiger partial charge in [0.1, 0.15) is 11.3 Å². The van der Waals surface area contributed by atoms with Gasteiger partial charge in [0, 0.05) is 45.9 Å². The summed E-state index contributed by atoms with van der Waals surface area (Å²) in [5.41, 5.74) is 1.56. The number of hydrogen-bond donors (Lipinski definition) is 0. The molecular formula is C22H27N3O4. The SMILES string of the molecule is COCCN1C(=O)N(C)C(=O)C12CCN(Cc1ccc(-c3ccco3)cc1)CC2. The first-order valence-corrected chi connectivity index (χ1v) is 9.99. The molecule has 0 atom stereocenters. The summed E-state index contributed by atoms with van der Waals surface area (Å²) in [4.78, 5) is 30.8. The van der Waals surface area contributed by atoms with Crippen LogP contribution in [0.5, 0.6) is 0 Å². The first-order chi connectivity index (χ1) is 14.0. The van der Waals surface area contributed by atoms with Gasteiger partial charge in [0.15, 0.2) is 0 Å². The van der Waals surface area contributed by atoms with Gasteiger partial charge in [-0.15, -0.1) is 0 Å². The van der Waals surface area contributed by atoms with Crippen molar-refractivity contribution in [3.63, 3.8) is 0 Å². The van der Waals surface area contributed by atoms with Crippen LogP contribution in [0.15, 0.2) is 47.1 Å². The molecular weight excluding hydrogens is 370 g/mol. The first-order valence-electron chi connectivity index (χ1n) is 9.99. The molecule has 2 saturated heterocycles. The maximum atomic E-state index is 12.9. The van der Waals surface area contributed by atoms with E-state index in [1.54, 1.807) is 25.3 Å². The number of nitrogens with zero attached hydrogens (tertiary/aromatic N) is 3. The zero-order chi connectivity index (χ0) is 20.4. The summed E-state index contributed by atoms with van der Waals surface area (Å²) in [5.74, 6) is 0.780. The Hall–Kier alpha value is -2.64. The number of likely N-dealkylation sites (N-methyl/N-ethyl adjacent to an activating group) is 1. The van der Waals surface area contributed by atoms with E-state index in [0.717, 1.165) is 31.0 Å². The lowest BCUT2D eigenvalue weighted by Crippen LogP contribution is -2.57. The highest BCUT2D eigenvalue weighted by atomic mass is 16.5. The summed E-state index contributed by atoms with van der Waals surface area (Å²) in [7, 11) is 3.19. The van der Waals surface area contributed by atoms with Gasteiger partial charge in [0.25, 0.3) is 5.91 Å². The smallest absolute Gasteiger partial charge is 0.327 e. The molecule has 0 unspecified atom stereocenters. The number of rotatable bonds is 6. The van der Waals surface area contributed by atoms with Crippen LogP contribution in [0.1, 0.15) is 18.4 Å². The van der Waals surface area contributed by atoms with E-state index in [1.165, 1.54) is 10.5 Å². The van der Waals surface area contributed by atoms with Crippen LogP contribution < -0.4 is 0 Å². The van der Waals surface area contributed by atoms with Gasteiger partial charge in [-0.1, -0.05) is 24.3 Å². The fourth-order valence-electron chi connectivity index (χ4n) is 4.41. The van der Waals surface area contributed by atoms with Crippen molar-refractivity contribution >= 4 is 11.9 Å². The molecule has 2 aliphatic rings. The van der Waals surface area contributed by atoms with Crippen molar-refractivity contribution in [1.82, 2.24) is 14.7 Å². The Balaban J connectivity index is 1.41. The third-order valence-electron chi connectivity index (χ3n) is 6.11. The molecule has 29 heavy (non-hydrogen) atoms. The minimum absolute atomic E-state index is 0.0824. The summed E-state index contributed by atoms with van der Waals surface area (Å²) >= 11 is 0. The topological polar surface area (TPSA) is 66.2 Å². The van der Waals surface area contributed by atoms with Crippen molar-refractivity contribution in [2.75, 3.05) is 40.4 Å². The number of hydrogen-bond acceptors (Lipinski definition) is 5. The highest BCUT2D eigenvalue weighted by Gasteiger charge is 2.56. The van der Waals surface area contributed by atoms with Gasteiger partial charge in [-0.05, 0) is 30.5 Å². The number of methoxy groups -OCH3 is 1. The van der Waals surface area contributed by atoms with E-state index in [-0.39, 0.29) is 11.9 Å². The lowest BCUT2D eigenvalue weighted by molar-refractivity contribution is -0.135. The lowest BCUT2D eigenvalue weighted by Gasteiger charge is -2.42. The predicted octanol–water partition coefficient (Wildman–Crippen LogP) is 2.82. The highest BCUT2D eigenvalue weighted by molar-refractivity contribution is 6.06. The van der Waals surface area contributed by atoms with Gasteiger partial charge in [-0.3, -0.25) is 14.6 Å². The Labute approximate surface area is 170 Å². The number of carbonyl (C=O) groups is 2. The number of amides is 3. The second-order valence-electron chi connectivity index (χ2n) is 7.77. The summed E-state index contributed by atoms with van der Waals surface area (Å²) in [6, 6.07) is 12.0. The van der Waals surface area contributed by atoms with Crippen LogP contribution in [0.2, 0.25) is 0 Å².